The lowest BCUT2D eigenvalue weighted by atomic mass is 9.92. The van der Waals surface area contributed by atoms with Crippen LogP contribution in [0.2, 0.25) is 0 Å². The SMILES string of the molecule is N=C(N)c1ccc2cc(CC(=O)N[C@H]3CC[C@H](N)CC3)n(Cc3cccc4ccccc34)c2c1. The number of nitrogen functional groups attached to an aromatic ring is 1. The van der Waals surface area contributed by atoms with Gasteiger partial charge in [0.1, 0.15) is 5.84 Å². The lowest BCUT2D eigenvalue weighted by Crippen LogP contribution is -2.41. The molecule has 1 heterocycles. The van der Waals surface area contributed by atoms with E-state index in [4.69, 9.17) is 16.9 Å². The van der Waals surface area contributed by atoms with Crippen molar-refractivity contribution in [1.29, 1.82) is 5.41 Å². The minimum Gasteiger partial charge on any atom is -0.384 e. The summed E-state index contributed by atoms with van der Waals surface area (Å²) in [6, 6.07) is 23.0. The summed E-state index contributed by atoms with van der Waals surface area (Å²) < 4.78 is 2.19. The third-order valence-corrected chi connectivity index (χ3v) is 6.99. The maximum absolute atomic E-state index is 13.0. The van der Waals surface area contributed by atoms with Crippen LogP contribution in [0.3, 0.4) is 0 Å². The van der Waals surface area contributed by atoms with Gasteiger partial charge in [-0.2, -0.15) is 0 Å². The van der Waals surface area contributed by atoms with Crippen LogP contribution < -0.4 is 16.8 Å². The second kappa shape index (κ2) is 9.31. The van der Waals surface area contributed by atoms with Gasteiger partial charge < -0.3 is 21.4 Å². The number of hydrogen-bond acceptors (Lipinski definition) is 3. The average molecular weight is 454 g/mol. The molecule has 174 valence electrons. The molecule has 1 saturated carbocycles. The lowest BCUT2D eigenvalue weighted by molar-refractivity contribution is -0.121. The monoisotopic (exact) mass is 453 g/mol. The zero-order valence-electron chi connectivity index (χ0n) is 19.3. The van der Waals surface area contributed by atoms with Gasteiger partial charge in [0.15, 0.2) is 0 Å². The molecule has 0 atom stereocenters. The van der Waals surface area contributed by atoms with Gasteiger partial charge in [-0.1, -0.05) is 54.6 Å². The van der Waals surface area contributed by atoms with Crippen molar-refractivity contribution in [2.75, 3.05) is 0 Å². The number of nitrogens with two attached hydrogens (primary N) is 2. The van der Waals surface area contributed by atoms with E-state index in [9.17, 15) is 4.79 Å². The summed E-state index contributed by atoms with van der Waals surface area (Å²) in [7, 11) is 0. The summed E-state index contributed by atoms with van der Waals surface area (Å²) in [6.07, 6.45) is 4.10. The summed E-state index contributed by atoms with van der Waals surface area (Å²) in [6.45, 7) is 0.632. The largest absolute Gasteiger partial charge is 0.384 e. The molecule has 34 heavy (non-hydrogen) atoms. The average Bonchev–Trinajstić information content (AvgIpc) is 3.16. The van der Waals surface area contributed by atoms with Gasteiger partial charge in [-0.05, 0) is 59.5 Å². The Labute approximate surface area is 199 Å². The van der Waals surface area contributed by atoms with E-state index in [1.165, 1.54) is 16.3 Å². The molecule has 0 radical (unpaired) electrons. The number of amides is 1. The number of fused-ring (bicyclic) bond motifs is 2. The fourth-order valence-corrected chi connectivity index (χ4v) is 5.12. The van der Waals surface area contributed by atoms with E-state index in [2.05, 4.69) is 52.3 Å². The predicted molar refractivity (Wildman–Crippen MR) is 138 cm³/mol. The highest BCUT2D eigenvalue weighted by Gasteiger charge is 2.21. The van der Waals surface area contributed by atoms with Crippen LogP contribution in [0.1, 0.15) is 42.5 Å². The lowest BCUT2D eigenvalue weighted by Gasteiger charge is -2.26. The Balaban J connectivity index is 1.50. The number of nitrogens with zero attached hydrogens (tertiary/aromatic N) is 1. The van der Waals surface area contributed by atoms with E-state index in [1.807, 2.05) is 24.3 Å². The van der Waals surface area contributed by atoms with Crippen molar-refractivity contribution in [3.05, 3.63) is 83.6 Å². The summed E-state index contributed by atoms with van der Waals surface area (Å²) in [4.78, 5) is 13.0. The maximum atomic E-state index is 13.0. The third-order valence-electron chi connectivity index (χ3n) is 6.99. The van der Waals surface area contributed by atoms with Gasteiger partial charge >= 0.3 is 0 Å². The number of carbonyl (C=O) groups is 1. The second-order valence-corrected chi connectivity index (χ2v) is 9.40. The number of carbonyl (C=O) groups excluding carboxylic acids is 1. The maximum Gasteiger partial charge on any atom is 0.226 e. The first-order valence-corrected chi connectivity index (χ1v) is 12.0. The van der Waals surface area contributed by atoms with Crippen LogP contribution in [0.15, 0.2) is 66.7 Å². The quantitative estimate of drug-likeness (QED) is 0.261. The van der Waals surface area contributed by atoms with E-state index in [-0.39, 0.29) is 23.8 Å². The molecule has 0 spiro atoms. The van der Waals surface area contributed by atoms with Crippen molar-refractivity contribution >= 4 is 33.4 Å². The van der Waals surface area contributed by atoms with Crippen molar-refractivity contribution in [2.45, 2.75) is 50.7 Å². The molecule has 0 saturated heterocycles. The molecule has 1 aromatic heterocycles. The Hall–Kier alpha value is -3.64. The topological polar surface area (TPSA) is 110 Å². The molecule has 6 nitrogen and oxygen atoms in total. The molecule has 0 bridgehead atoms. The Morgan fingerprint density at radius 2 is 1.74 bits per heavy atom. The van der Waals surface area contributed by atoms with Crippen LogP contribution in [0.25, 0.3) is 21.7 Å². The van der Waals surface area contributed by atoms with Crippen LogP contribution in [0, 0.1) is 5.41 Å². The first kappa shape index (κ1) is 22.2. The van der Waals surface area contributed by atoms with Crippen LogP contribution in [-0.4, -0.2) is 28.4 Å². The first-order valence-electron chi connectivity index (χ1n) is 12.0. The molecule has 0 aliphatic heterocycles. The molecule has 1 aliphatic carbocycles. The van der Waals surface area contributed by atoms with Crippen molar-refractivity contribution in [2.24, 2.45) is 11.5 Å². The molecule has 1 aliphatic rings. The van der Waals surface area contributed by atoms with Crippen molar-refractivity contribution in [1.82, 2.24) is 9.88 Å². The summed E-state index contributed by atoms with van der Waals surface area (Å²) in [5.41, 5.74) is 15.6. The van der Waals surface area contributed by atoms with E-state index in [0.717, 1.165) is 42.3 Å². The van der Waals surface area contributed by atoms with E-state index < -0.39 is 0 Å². The number of rotatable bonds is 6. The zero-order chi connectivity index (χ0) is 23.7. The molecule has 6 heteroatoms. The Morgan fingerprint density at radius 1 is 0.971 bits per heavy atom. The molecule has 1 amide bonds. The first-order chi connectivity index (χ1) is 16.5. The third kappa shape index (κ3) is 4.54. The highest BCUT2D eigenvalue weighted by atomic mass is 16.1. The van der Waals surface area contributed by atoms with E-state index in [1.54, 1.807) is 0 Å². The minimum atomic E-state index is 0.0363. The number of nitrogens with one attached hydrogen (secondary N) is 2. The van der Waals surface area contributed by atoms with Gasteiger partial charge in [0.05, 0.1) is 6.42 Å². The van der Waals surface area contributed by atoms with Gasteiger partial charge in [0, 0.05) is 35.4 Å². The highest BCUT2D eigenvalue weighted by molar-refractivity contribution is 5.99. The molecule has 6 N–H and O–H groups in total. The molecular weight excluding hydrogens is 422 g/mol. The predicted octanol–water partition coefficient (Wildman–Crippen LogP) is 4.06. The van der Waals surface area contributed by atoms with Crippen molar-refractivity contribution in [3.8, 4) is 0 Å². The Morgan fingerprint density at radius 3 is 2.53 bits per heavy atom. The summed E-state index contributed by atoms with van der Waals surface area (Å²) in [5.74, 6) is 0.0730. The molecule has 3 aromatic carbocycles. The standard InChI is InChI=1S/C28H31N5O/c29-22-10-12-23(13-11-22)32-27(34)16-24-14-19-8-9-20(28(30)31)15-26(19)33(24)17-21-6-3-5-18-4-1-2-7-25(18)21/h1-9,14-15,22-23H,10-13,16-17,29H2,(H3,30,31)(H,32,34)/t22-,23-. The molecular formula is C28H31N5O. The molecule has 5 rings (SSSR count). The Kier molecular flexibility index (Phi) is 6.07. The smallest absolute Gasteiger partial charge is 0.226 e. The van der Waals surface area contributed by atoms with Gasteiger partial charge in [-0.3, -0.25) is 10.2 Å². The molecule has 4 aromatic rings. The van der Waals surface area contributed by atoms with Gasteiger partial charge in [0.2, 0.25) is 5.91 Å². The van der Waals surface area contributed by atoms with Crippen molar-refractivity contribution < 1.29 is 4.79 Å². The minimum absolute atomic E-state index is 0.0363. The van der Waals surface area contributed by atoms with Crippen molar-refractivity contribution in [3.63, 3.8) is 0 Å². The number of aromatic nitrogens is 1. The van der Waals surface area contributed by atoms with E-state index in [0.29, 0.717) is 18.5 Å². The Bertz CT molecular complexity index is 1360. The fraction of sp³-hybridized carbons (Fsp3) is 0.286. The van der Waals surface area contributed by atoms with Crippen LogP contribution in [0.5, 0.6) is 0 Å². The van der Waals surface area contributed by atoms with Gasteiger partial charge in [-0.15, -0.1) is 0 Å². The fourth-order valence-electron chi connectivity index (χ4n) is 5.12. The zero-order valence-corrected chi connectivity index (χ0v) is 19.3. The van der Waals surface area contributed by atoms with Crippen LogP contribution >= 0.6 is 0 Å². The highest BCUT2D eigenvalue weighted by Crippen LogP contribution is 2.26. The second-order valence-electron chi connectivity index (χ2n) is 9.40. The molecule has 1 fully saturated rings. The summed E-state index contributed by atoms with van der Waals surface area (Å²) in [5, 5.41) is 14.5. The molecule has 0 unspecified atom stereocenters. The van der Waals surface area contributed by atoms with Gasteiger partial charge in [-0.25, -0.2) is 0 Å². The number of benzene rings is 3. The van der Waals surface area contributed by atoms with Crippen LogP contribution in [0.4, 0.5) is 0 Å². The summed E-state index contributed by atoms with van der Waals surface area (Å²) >= 11 is 0. The number of amidine groups is 1. The van der Waals surface area contributed by atoms with Gasteiger partial charge in [0.25, 0.3) is 0 Å². The normalized spacial score (nSPS) is 18.3. The van der Waals surface area contributed by atoms with Crippen LogP contribution in [-0.2, 0) is 17.8 Å². The number of hydrogen-bond donors (Lipinski definition) is 4. The van der Waals surface area contributed by atoms with E-state index >= 15 is 0 Å².